The molecular formula is C18H20N4O3S. The molecule has 0 fully saturated rings. The zero-order valence-corrected chi connectivity index (χ0v) is 15.6. The van der Waals surface area contributed by atoms with E-state index in [9.17, 15) is 9.59 Å². The number of aryl methyl sites for hydroxylation is 1. The lowest BCUT2D eigenvalue weighted by molar-refractivity contribution is -0.136. The summed E-state index contributed by atoms with van der Waals surface area (Å²) in [5.74, 6) is -0.712. The van der Waals surface area contributed by atoms with E-state index in [0.717, 1.165) is 10.9 Å². The zero-order valence-electron chi connectivity index (χ0n) is 14.8. The summed E-state index contributed by atoms with van der Waals surface area (Å²) >= 11 is 1.67. The Bertz CT molecular complexity index is 931. The number of aromatic nitrogens is 1. The molecule has 3 aromatic rings. The normalized spacial score (nSPS) is 12.3. The Balaban J connectivity index is 1.67. The van der Waals surface area contributed by atoms with Crippen molar-refractivity contribution < 1.29 is 14.1 Å². The number of fused-ring (bicyclic) bond motifs is 1. The van der Waals surface area contributed by atoms with Crippen LogP contribution in [0, 0.1) is 6.92 Å². The molecule has 0 aliphatic heterocycles. The minimum atomic E-state index is -0.772. The molecule has 0 aliphatic carbocycles. The summed E-state index contributed by atoms with van der Waals surface area (Å²) in [6.07, 6.45) is 0. The molecule has 2 heterocycles. The third-order valence-corrected chi connectivity index (χ3v) is 5.01. The van der Waals surface area contributed by atoms with E-state index in [1.165, 1.54) is 4.70 Å². The highest BCUT2D eigenvalue weighted by atomic mass is 32.1. The number of carbonyl (C=O) groups excluding carboxylic acids is 2. The number of carbonyl (C=O) groups is 2. The van der Waals surface area contributed by atoms with Crippen molar-refractivity contribution in [1.82, 2.24) is 15.4 Å². The smallest absolute Gasteiger partial charge is 0.314 e. The van der Waals surface area contributed by atoms with Crippen LogP contribution in [0.2, 0.25) is 0 Å². The fourth-order valence-corrected chi connectivity index (χ4v) is 3.70. The molecule has 0 saturated heterocycles. The topological polar surface area (TPSA) is 87.5 Å². The predicted molar refractivity (Wildman–Crippen MR) is 101 cm³/mol. The Labute approximate surface area is 155 Å². The van der Waals surface area contributed by atoms with Crippen LogP contribution < -0.4 is 10.6 Å². The van der Waals surface area contributed by atoms with Crippen LogP contribution in [0.4, 0.5) is 5.82 Å². The van der Waals surface area contributed by atoms with Crippen LogP contribution in [0.15, 0.2) is 40.2 Å². The molecule has 8 heteroatoms. The van der Waals surface area contributed by atoms with Gasteiger partial charge in [0, 0.05) is 17.3 Å². The second-order valence-corrected chi connectivity index (χ2v) is 7.06. The molecule has 7 nitrogen and oxygen atoms in total. The minimum Gasteiger partial charge on any atom is -0.360 e. The lowest BCUT2D eigenvalue weighted by atomic mass is 10.0. The number of benzene rings is 1. The first-order valence-corrected chi connectivity index (χ1v) is 8.98. The minimum absolute atomic E-state index is 0.0443. The van der Waals surface area contributed by atoms with Gasteiger partial charge in [0.1, 0.15) is 5.76 Å². The summed E-state index contributed by atoms with van der Waals surface area (Å²) in [7, 11) is 3.89. The Hall–Kier alpha value is -2.71. The molecule has 2 amide bonds. The molecule has 0 bridgehead atoms. The van der Waals surface area contributed by atoms with Crippen molar-refractivity contribution in [2.45, 2.75) is 13.0 Å². The van der Waals surface area contributed by atoms with E-state index in [1.54, 1.807) is 24.3 Å². The maximum Gasteiger partial charge on any atom is 0.314 e. The van der Waals surface area contributed by atoms with Crippen LogP contribution in [-0.2, 0) is 9.59 Å². The molecule has 0 unspecified atom stereocenters. The average Bonchev–Trinajstić information content (AvgIpc) is 3.21. The first-order chi connectivity index (χ1) is 12.5. The SMILES string of the molecule is Cc1cc(NC(=O)C(=O)NC[C@@H](c2csc3ccccc23)N(C)C)no1. The third kappa shape index (κ3) is 3.92. The zero-order chi connectivity index (χ0) is 18.7. The van der Waals surface area contributed by atoms with Crippen LogP contribution in [0.1, 0.15) is 17.4 Å². The number of likely N-dealkylation sites (N-methyl/N-ethyl adjacent to an activating group) is 1. The summed E-state index contributed by atoms with van der Waals surface area (Å²) in [6.45, 7) is 2.02. The lowest BCUT2D eigenvalue weighted by Crippen LogP contribution is -2.40. The van der Waals surface area contributed by atoms with Crippen molar-refractivity contribution >= 4 is 39.1 Å². The molecular weight excluding hydrogens is 352 g/mol. The van der Waals surface area contributed by atoms with E-state index in [1.807, 2.05) is 31.1 Å². The fraction of sp³-hybridized carbons (Fsp3) is 0.278. The molecule has 136 valence electrons. The Morgan fingerprint density at radius 3 is 2.73 bits per heavy atom. The maximum absolute atomic E-state index is 12.1. The van der Waals surface area contributed by atoms with Crippen LogP contribution >= 0.6 is 11.3 Å². The Morgan fingerprint density at radius 2 is 2.04 bits per heavy atom. The summed E-state index contributed by atoms with van der Waals surface area (Å²) in [5.41, 5.74) is 1.13. The first kappa shape index (κ1) is 18.1. The Morgan fingerprint density at radius 1 is 1.27 bits per heavy atom. The highest BCUT2D eigenvalue weighted by molar-refractivity contribution is 7.17. The van der Waals surface area contributed by atoms with E-state index < -0.39 is 11.8 Å². The standard InChI is InChI=1S/C18H20N4O3S/c1-11-8-16(21-25-11)20-18(24)17(23)19-9-14(22(2)3)13-10-26-15-7-5-4-6-12(13)15/h4-8,10,14H,9H2,1-3H3,(H,19,23)(H,20,21,24)/t14-/m0/s1. The highest BCUT2D eigenvalue weighted by Gasteiger charge is 2.21. The molecule has 26 heavy (non-hydrogen) atoms. The van der Waals surface area contributed by atoms with E-state index in [-0.39, 0.29) is 11.9 Å². The van der Waals surface area contributed by atoms with Crippen molar-refractivity contribution in [2.75, 3.05) is 26.0 Å². The Kier molecular flexibility index (Phi) is 5.34. The van der Waals surface area contributed by atoms with Gasteiger partial charge in [-0.15, -0.1) is 11.3 Å². The molecule has 2 N–H and O–H groups in total. The summed E-state index contributed by atoms with van der Waals surface area (Å²) < 4.78 is 6.06. The molecule has 0 saturated carbocycles. The molecule has 0 spiro atoms. The summed E-state index contributed by atoms with van der Waals surface area (Å²) in [4.78, 5) is 26.1. The van der Waals surface area contributed by atoms with Crippen molar-refractivity contribution in [3.05, 3.63) is 47.0 Å². The van der Waals surface area contributed by atoms with Gasteiger partial charge in [-0.25, -0.2) is 0 Å². The largest absolute Gasteiger partial charge is 0.360 e. The number of anilines is 1. The molecule has 0 aliphatic rings. The van der Waals surface area contributed by atoms with E-state index in [4.69, 9.17) is 4.52 Å². The van der Waals surface area contributed by atoms with Gasteiger partial charge in [0.25, 0.3) is 0 Å². The number of hydrogen-bond donors (Lipinski definition) is 2. The number of amides is 2. The average molecular weight is 372 g/mol. The van der Waals surface area contributed by atoms with E-state index >= 15 is 0 Å². The lowest BCUT2D eigenvalue weighted by Gasteiger charge is -2.24. The summed E-state index contributed by atoms with van der Waals surface area (Å²) in [6, 6.07) is 9.64. The van der Waals surface area contributed by atoms with Gasteiger partial charge in [0.15, 0.2) is 5.82 Å². The van der Waals surface area contributed by atoms with Crippen LogP contribution in [-0.4, -0.2) is 42.5 Å². The highest BCUT2D eigenvalue weighted by Crippen LogP contribution is 2.31. The summed E-state index contributed by atoms with van der Waals surface area (Å²) in [5, 5.41) is 12.0. The van der Waals surface area contributed by atoms with Gasteiger partial charge < -0.3 is 14.7 Å². The van der Waals surface area contributed by atoms with E-state index in [2.05, 4.69) is 33.3 Å². The number of thiophene rings is 1. The van der Waals surface area contributed by atoms with Crippen LogP contribution in [0.3, 0.4) is 0 Å². The van der Waals surface area contributed by atoms with Gasteiger partial charge in [-0.3, -0.25) is 14.9 Å². The molecule has 1 aromatic carbocycles. The van der Waals surface area contributed by atoms with Gasteiger partial charge in [-0.2, -0.15) is 0 Å². The van der Waals surface area contributed by atoms with Crippen molar-refractivity contribution in [3.8, 4) is 0 Å². The number of hydrogen-bond acceptors (Lipinski definition) is 6. The van der Waals surface area contributed by atoms with E-state index in [0.29, 0.717) is 12.3 Å². The van der Waals surface area contributed by atoms with Crippen molar-refractivity contribution in [3.63, 3.8) is 0 Å². The number of rotatable bonds is 5. The second kappa shape index (κ2) is 7.67. The van der Waals surface area contributed by atoms with Gasteiger partial charge in [0.2, 0.25) is 0 Å². The maximum atomic E-state index is 12.1. The second-order valence-electron chi connectivity index (χ2n) is 6.15. The quantitative estimate of drug-likeness (QED) is 0.672. The van der Waals surface area contributed by atoms with Gasteiger partial charge in [-0.1, -0.05) is 23.4 Å². The number of nitrogens with one attached hydrogen (secondary N) is 2. The van der Waals surface area contributed by atoms with Crippen molar-refractivity contribution in [2.24, 2.45) is 0 Å². The molecule has 2 aromatic heterocycles. The van der Waals surface area contributed by atoms with Gasteiger partial charge in [-0.05, 0) is 43.4 Å². The van der Waals surface area contributed by atoms with Crippen LogP contribution in [0.5, 0.6) is 0 Å². The number of nitrogens with zero attached hydrogens (tertiary/aromatic N) is 2. The molecule has 3 rings (SSSR count). The molecule has 1 atom stereocenters. The monoisotopic (exact) mass is 372 g/mol. The van der Waals surface area contributed by atoms with Crippen LogP contribution in [0.25, 0.3) is 10.1 Å². The van der Waals surface area contributed by atoms with Crippen molar-refractivity contribution in [1.29, 1.82) is 0 Å². The predicted octanol–water partition coefficient (Wildman–Crippen LogP) is 2.56. The third-order valence-electron chi connectivity index (χ3n) is 4.03. The van der Waals surface area contributed by atoms with Gasteiger partial charge >= 0.3 is 11.8 Å². The fourth-order valence-electron chi connectivity index (χ4n) is 2.70. The molecule has 0 radical (unpaired) electrons. The first-order valence-electron chi connectivity index (χ1n) is 8.10. The van der Waals surface area contributed by atoms with Gasteiger partial charge in [0.05, 0.1) is 6.04 Å².